The Labute approximate surface area is 135 Å². The van der Waals surface area contributed by atoms with Crippen LogP contribution in [-0.2, 0) is 13.0 Å². The van der Waals surface area contributed by atoms with Crippen LogP contribution in [0, 0.1) is 5.92 Å². The number of hydrogen-bond acceptors (Lipinski definition) is 3. The minimum Gasteiger partial charge on any atom is -0.465 e. The quantitative estimate of drug-likeness (QED) is 0.794. The third kappa shape index (κ3) is 4.60. The fourth-order valence-electron chi connectivity index (χ4n) is 4.06. The van der Waals surface area contributed by atoms with Gasteiger partial charge in [-0.3, -0.25) is 4.90 Å². The third-order valence-corrected chi connectivity index (χ3v) is 5.16. The average molecular weight is 304 g/mol. The first-order valence-corrected chi connectivity index (χ1v) is 9.36. The zero-order valence-corrected chi connectivity index (χ0v) is 14.2. The summed E-state index contributed by atoms with van der Waals surface area (Å²) in [6.07, 6.45) is 9.23. The van der Waals surface area contributed by atoms with Crippen LogP contribution in [0.2, 0.25) is 0 Å². The molecule has 1 aromatic rings. The van der Waals surface area contributed by atoms with Crippen LogP contribution in [0.25, 0.3) is 0 Å². The molecule has 1 aromatic heterocycles. The number of furan rings is 1. The van der Waals surface area contributed by atoms with Crippen molar-refractivity contribution in [2.75, 3.05) is 32.7 Å². The Hall–Kier alpha value is -0.800. The summed E-state index contributed by atoms with van der Waals surface area (Å²) in [5.74, 6) is 3.17. The summed E-state index contributed by atoms with van der Waals surface area (Å²) in [5.41, 5.74) is 0. The molecule has 22 heavy (non-hydrogen) atoms. The van der Waals surface area contributed by atoms with Crippen molar-refractivity contribution in [3.05, 3.63) is 23.7 Å². The monoisotopic (exact) mass is 304 g/mol. The van der Waals surface area contributed by atoms with Gasteiger partial charge in [-0.25, -0.2) is 0 Å². The van der Waals surface area contributed by atoms with Gasteiger partial charge in [0.25, 0.3) is 0 Å². The van der Waals surface area contributed by atoms with Gasteiger partial charge in [0.2, 0.25) is 0 Å². The normalized spacial score (nSPS) is 24.7. The standard InChI is InChI=1S/C19H32N2O/c1-2-7-18-9-10-19(22-18)16-21-13-6-8-17(15-21)14-20-11-4-3-5-12-20/h9-10,17H,2-8,11-16H2,1H3/t17-/m0/s1. The predicted molar refractivity (Wildman–Crippen MR) is 91.0 cm³/mol. The fraction of sp³-hybridized carbons (Fsp3) is 0.789. The van der Waals surface area contributed by atoms with E-state index in [0.717, 1.165) is 36.8 Å². The zero-order chi connectivity index (χ0) is 15.2. The van der Waals surface area contributed by atoms with Gasteiger partial charge in [-0.2, -0.15) is 0 Å². The van der Waals surface area contributed by atoms with E-state index in [2.05, 4.69) is 28.9 Å². The van der Waals surface area contributed by atoms with Crippen LogP contribution in [0.1, 0.15) is 57.0 Å². The van der Waals surface area contributed by atoms with Crippen LogP contribution in [0.4, 0.5) is 0 Å². The van der Waals surface area contributed by atoms with E-state index >= 15 is 0 Å². The van der Waals surface area contributed by atoms with Crippen molar-refractivity contribution in [2.45, 2.75) is 58.4 Å². The molecule has 0 saturated carbocycles. The smallest absolute Gasteiger partial charge is 0.118 e. The number of rotatable bonds is 6. The summed E-state index contributed by atoms with van der Waals surface area (Å²) >= 11 is 0. The van der Waals surface area contributed by atoms with Gasteiger partial charge in [-0.05, 0) is 69.8 Å². The van der Waals surface area contributed by atoms with Crippen LogP contribution >= 0.6 is 0 Å². The lowest BCUT2D eigenvalue weighted by Gasteiger charge is -2.36. The molecule has 124 valence electrons. The molecule has 0 unspecified atom stereocenters. The van der Waals surface area contributed by atoms with E-state index < -0.39 is 0 Å². The molecule has 0 spiro atoms. The van der Waals surface area contributed by atoms with Crippen molar-refractivity contribution in [3.63, 3.8) is 0 Å². The average Bonchev–Trinajstić information content (AvgIpc) is 2.96. The predicted octanol–water partition coefficient (Wildman–Crippen LogP) is 3.93. The molecule has 1 atom stereocenters. The fourth-order valence-corrected chi connectivity index (χ4v) is 4.06. The second-order valence-corrected chi connectivity index (χ2v) is 7.22. The third-order valence-electron chi connectivity index (χ3n) is 5.16. The Balaban J connectivity index is 1.47. The number of nitrogens with zero attached hydrogens (tertiary/aromatic N) is 2. The highest BCUT2D eigenvalue weighted by molar-refractivity contribution is 5.07. The molecule has 0 N–H and O–H groups in total. The van der Waals surface area contributed by atoms with Crippen molar-refractivity contribution < 1.29 is 4.42 Å². The maximum absolute atomic E-state index is 5.96. The molecular weight excluding hydrogens is 272 g/mol. The Bertz CT molecular complexity index is 436. The molecule has 0 aromatic carbocycles. The number of hydrogen-bond donors (Lipinski definition) is 0. The molecule has 2 aliphatic rings. The van der Waals surface area contributed by atoms with Gasteiger partial charge in [0.15, 0.2) is 0 Å². The second-order valence-electron chi connectivity index (χ2n) is 7.22. The molecular formula is C19H32N2O. The highest BCUT2D eigenvalue weighted by Gasteiger charge is 2.23. The van der Waals surface area contributed by atoms with Gasteiger partial charge >= 0.3 is 0 Å². The van der Waals surface area contributed by atoms with Crippen LogP contribution < -0.4 is 0 Å². The molecule has 2 saturated heterocycles. The summed E-state index contributed by atoms with van der Waals surface area (Å²) in [5, 5.41) is 0. The summed E-state index contributed by atoms with van der Waals surface area (Å²) in [4.78, 5) is 5.30. The van der Waals surface area contributed by atoms with E-state index in [0.29, 0.717) is 0 Å². The molecule has 3 nitrogen and oxygen atoms in total. The zero-order valence-electron chi connectivity index (χ0n) is 14.2. The van der Waals surface area contributed by atoms with E-state index in [1.54, 1.807) is 0 Å². The first-order chi connectivity index (χ1) is 10.8. The summed E-state index contributed by atoms with van der Waals surface area (Å²) in [7, 11) is 0. The Kier molecular flexibility index (Phi) is 5.96. The molecule has 0 aliphatic carbocycles. The van der Waals surface area contributed by atoms with Gasteiger partial charge in [0, 0.05) is 19.5 Å². The molecule has 3 heteroatoms. The molecule has 3 rings (SSSR count). The number of likely N-dealkylation sites (tertiary alicyclic amines) is 2. The minimum absolute atomic E-state index is 0.858. The van der Waals surface area contributed by atoms with E-state index in [-0.39, 0.29) is 0 Å². The topological polar surface area (TPSA) is 19.6 Å². The molecule has 3 heterocycles. The molecule has 0 amide bonds. The first-order valence-electron chi connectivity index (χ1n) is 9.36. The van der Waals surface area contributed by atoms with E-state index in [4.69, 9.17) is 4.42 Å². The van der Waals surface area contributed by atoms with Crippen LogP contribution in [0.3, 0.4) is 0 Å². The molecule has 2 aliphatic heterocycles. The van der Waals surface area contributed by atoms with E-state index in [9.17, 15) is 0 Å². The van der Waals surface area contributed by atoms with E-state index in [1.807, 2.05) is 0 Å². The van der Waals surface area contributed by atoms with Gasteiger partial charge < -0.3 is 9.32 Å². The number of aryl methyl sites for hydroxylation is 1. The lowest BCUT2D eigenvalue weighted by molar-refractivity contribution is 0.113. The Morgan fingerprint density at radius 2 is 1.77 bits per heavy atom. The summed E-state index contributed by atoms with van der Waals surface area (Å²) < 4.78 is 5.96. The lowest BCUT2D eigenvalue weighted by atomic mass is 9.96. The molecule has 0 bridgehead atoms. The van der Waals surface area contributed by atoms with Crippen LogP contribution in [0.15, 0.2) is 16.5 Å². The van der Waals surface area contributed by atoms with Gasteiger partial charge in [-0.1, -0.05) is 13.3 Å². The first kappa shape index (κ1) is 16.1. The minimum atomic E-state index is 0.858. The van der Waals surface area contributed by atoms with Crippen LogP contribution in [-0.4, -0.2) is 42.5 Å². The van der Waals surface area contributed by atoms with Crippen molar-refractivity contribution in [2.24, 2.45) is 5.92 Å². The Morgan fingerprint density at radius 3 is 2.59 bits per heavy atom. The van der Waals surface area contributed by atoms with Crippen molar-refractivity contribution in [3.8, 4) is 0 Å². The summed E-state index contributed by atoms with van der Waals surface area (Å²) in [6, 6.07) is 4.34. The molecule has 0 radical (unpaired) electrons. The maximum Gasteiger partial charge on any atom is 0.118 e. The van der Waals surface area contributed by atoms with Crippen molar-refractivity contribution in [1.29, 1.82) is 0 Å². The van der Waals surface area contributed by atoms with Gasteiger partial charge in [0.05, 0.1) is 6.54 Å². The highest BCUT2D eigenvalue weighted by Crippen LogP contribution is 2.22. The highest BCUT2D eigenvalue weighted by atomic mass is 16.3. The van der Waals surface area contributed by atoms with Crippen molar-refractivity contribution >= 4 is 0 Å². The van der Waals surface area contributed by atoms with Crippen LogP contribution in [0.5, 0.6) is 0 Å². The number of piperidine rings is 2. The molecule has 2 fully saturated rings. The van der Waals surface area contributed by atoms with E-state index in [1.165, 1.54) is 64.8 Å². The largest absolute Gasteiger partial charge is 0.465 e. The van der Waals surface area contributed by atoms with Crippen molar-refractivity contribution in [1.82, 2.24) is 9.80 Å². The van der Waals surface area contributed by atoms with Gasteiger partial charge in [0.1, 0.15) is 11.5 Å². The van der Waals surface area contributed by atoms with Gasteiger partial charge in [-0.15, -0.1) is 0 Å². The maximum atomic E-state index is 5.96. The Morgan fingerprint density at radius 1 is 1.00 bits per heavy atom. The second kappa shape index (κ2) is 8.16. The lowest BCUT2D eigenvalue weighted by Crippen LogP contribution is -2.42. The summed E-state index contributed by atoms with van der Waals surface area (Å²) in [6.45, 7) is 9.67. The SMILES string of the molecule is CCCc1ccc(CN2CCC[C@@H](CN3CCCCC3)C2)o1.